The molecule has 0 aromatic heterocycles. The highest BCUT2D eigenvalue weighted by Crippen LogP contribution is 2.38. The second kappa shape index (κ2) is 6.14. The van der Waals surface area contributed by atoms with Crippen LogP contribution in [0.3, 0.4) is 0 Å². The van der Waals surface area contributed by atoms with Crippen molar-refractivity contribution in [2.24, 2.45) is 5.92 Å². The molecule has 0 radical (unpaired) electrons. The molecule has 1 saturated heterocycles. The number of alkyl halides is 3. The number of rotatable bonds is 3. The standard InChI is InChI=1S/C20H20F3NO/c1-12-7-15(9-17(8-12)24-10-16(11-24)14(3)25)18-5-4-6-19(13(18)2)20(21,22)23/h4-9,16,25H,3,10-11H2,1-2H3. The molecule has 2 aromatic rings. The van der Waals surface area contributed by atoms with Crippen molar-refractivity contribution in [2.75, 3.05) is 18.0 Å². The Bertz CT molecular complexity index is 820. The molecule has 3 rings (SSSR count). The van der Waals surface area contributed by atoms with Crippen LogP contribution in [-0.4, -0.2) is 18.2 Å². The molecular formula is C20H20F3NO. The Labute approximate surface area is 145 Å². The van der Waals surface area contributed by atoms with Gasteiger partial charge in [0, 0.05) is 18.8 Å². The summed E-state index contributed by atoms with van der Waals surface area (Å²) in [6.07, 6.45) is -4.36. The Morgan fingerprint density at radius 2 is 1.84 bits per heavy atom. The van der Waals surface area contributed by atoms with Crippen LogP contribution in [0.4, 0.5) is 18.9 Å². The second-order valence-electron chi connectivity index (χ2n) is 6.63. The second-order valence-corrected chi connectivity index (χ2v) is 6.63. The first-order valence-electron chi connectivity index (χ1n) is 8.08. The number of halogens is 3. The van der Waals surface area contributed by atoms with Gasteiger partial charge in [-0.15, -0.1) is 0 Å². The molecule has 0 atom stereocenters. The van der Waals surface area contributed by atoms with Crippen molar-refractivity contribution in [2.45, 2.75) is 20.0 Å². The average Bonchev–Trinajstić information content (AvgIpc) is 2.43. The summed E-state index contributed by atoms with van der Waals surface area (Å²) in [7, 11) is 0. The van der Waals surface area contributed by atoms with Crippen LogP contribution in [0.15, 0.2) is 48.7 Å². The van der Waals surface area contributed by atoms with Gasteiger partial charge in [0.15, 0.2) is 0 Å². The summed E-state index contributed by atoms with van der Waals surface area (Å²) in [5.41, 5.74) is 2.92. The molecule has 2 nitrogen and oxygen atoms in total. The number of hydrogen-bond acceptors (Lipinski definition) is 2. The van der Waals surface area contributed by atoms with Gasteiger partial charge in [0.1, 0.15) is 0 Å². The van der Waals surface area contributed by atoms with E-state index in [1.54, 1.807) is 6.07 Å². The van der Waals surface area contributed by atoms with Gasteiger partial charge in [-0.1, -0.05) is 24.8 Å². The molecule has 1 heterocycles. The molecule has 132 valence electrons. The van der Waals surface area contributed by atoms with Gasteiger partial charge in [-0.3, -0.25) is 0 Å². The number of anilines is 1. The highest BCUT2D eigenvalue weighted by atomic mass is 19.4. The molecule has 1 aliphatic heterocycles. The molecule has 1 fully saturated rings. The molecule has 25 heavy (non-hydrogen) atoms. The molecule has 5 heteroatoms. The van der Waals surface area contributed by atoms with Crippen molar-refractivity contribution in [1.29, 1.82) is 0 Å². The topological polar surface area (TPSA) is 23.5 Å². The maximum Gasteiger partial charge on any atom is 0.416 e. The van der Waals surface area contributed by atoms with Crippen molar-refractivity contribution < 1.29 is 18.3 Å². The molecule has 0 saturated carbocycles. The fourth-order valence-corrected chi connectivity index (χ4v) is 3.26. The van der Waals surface area contributed by atoms with Gasteiger partial charge in [0.2, 0.25) is 0 Å². The lowest BCUT2D eigenvalue weighted by Crippen LogP contribution is -2.47. The predicted molar refractivity (Wildman–Crippen MR) is 93.8 cm³/mol. The van der Waals surface area contributed by atoms with Crippen LogP contribution in [-0.2, 0) is 6.18 Å². The van der Waals surface area contributed by atoms with Gasteiger partial charge < -0.3 is 10.0 Å². The van der Waals surface area contributed by atoms with Crippen LogP contribution in [0.5, 0.6) is 0 Å². The van der Waals surface area contributed by atoms with E-state index in [4.69, 9.17) is 0 Å². The van der Waals surface area contributed by atoms with Gasteiger partial charge in [-0.25, -0.2) is 0 Å². The molecule has 0 spiro atoms. The Morgan fingerprint density at radius 1 is 1.16 bits per heavy atom. The van der Waals surface area contributed by atoms with Crippen LogP contribution in [0, 0.1) is 19.8 Å². The summed E-state index contributed by atoms with van der Waals surface area (Å²) in [6.45, 7) is 8.33. The SMILES string of the molecule is C=C(O)C1CN(c2cc(C)cc(-c3cccc(C(F)(F)F)c3C)c2)C1. The van der Waals surface area contributed by atoms with E-state index in [1.807, 2.05) is 25.1 Å². The van der Waals surface area contributed by atoms with E-state index in [-0.39, 0.29) is 17.2 Å². The number of aliphatic hydroxyl groups is 1. The van der Waals surface area contributed by atoms with Crippen LogP contribution in [0.1, 0.15) is 16.7 Å². The van der Waals surface area contributed by atoms with Gasteiger partial charge >= 0.3 is 6.18 Å². The Kier molecular flexibility index (Phi) is 4.27. The fraction of sp³-hybridized carbons (Fsp3) is 0.300. The van der Waals surface area contributed by atoms with E-state index < -0.39 is 11.7 Å². The van der Waals surface area contributed by atoms with E-state index >= 15 is 0 Å². The van der Waals surface area contributed by atoms with Gasteiger partial charge in [0.25, 0.3) is 0 Å². The normalized spacial score (nSPS) is 15.2. The lowest BCUT2D eigenvalue weighted by atomic mass is 9.93. The largest absolute Gasteiger partial charge is 0.513 e. The quantitative estimate of drug-likeness (QED) is 0.742. The maximum atomic E-state index is 13.2. The number of hydrogen-bond donors (Lipinski definition) is 1. The highest BCUT2D eigenvalue weighted by Gasteiger charge is 2.33. The van der Waals surface area contributed by atoms with E-state index in [2.05, 4.69) is 11.5 Å². The summed E-state index contributed by atoms with van der Waals surface area (Å²) >= 11 is 0. The van der Waals surface area contributed by atoms with E-state index in [0.717, 1.165) is 22.9 Å². The minimum absolute atomic E-state index is 0.0549. The first kappa shape index (κ1) is 17.4. The summed E-state index contributed by atoms with van der Waals surface area (Å²) in [5, 5.41) is 9.44. The third-order valence-electron chi connectivity index (χ3n) is 4.73. The van der Waals surface area contributed by atoms with Gasteiger partial charge in [-0.2, -0.15) is 13.2 Å². The molecule has 0 unspecified atom stereocenters. The zero-order chi connectivity index (χ0) is 18.4. The fourth-order valence-electron chi connectivity index (χ4n) is 3.26. The Hall–Kier alpha value is -2.43. The Morgan fingerprint density at radius 3 is 2.44 bits per heavy atom. The third-order valence-corrected chi connectivity index (χ3v) is 4.73. The van der Waals surface area contributed by atoms with Crippen molar-refractivity contribution in [3.8, 4) is 11.1 Å². The monoisotopic (exact) mass is 347 g/mol. The summed E-state index contributed by atoms with van der Waals surface area (Å²) < 4.78 is 39.5. The lowest BCUT2D eigenvalue weighted by molar-refractivity contribution is -0.138. The van der Waals surface area contributed by atoms with Gasteiger partial charge in [0.05, 0.1) is 17.2 Å². The average molecular weight is 347 g/mol. The molecule has 0 amide bonds. The van der Waals surface area contributed by atoms with Crippen LogP contribution >= 0.6 is 0 Å². The van der Waals surface area contributed by atoms with E-state index in [9.17, 15) is 18.3 Å². The van der Waals surface area contributed by atoms with E-state index in [0.29, 0.717) is 18.7 Å². The predicted octanol–water partition coefficient (Wildman–Crippen LogP) is 5.50. The zero-order valence-corrected chi connectivity index (χ0v) is 14.2. The summed E-state index contributed by atoms with van der Waals surface area (Å²) in [4.78, 5) is 2.09. The minimum Gasteiger partial charge on any atom is -0.513 e. The highest BCUT2D eigenvalue weighted by molar-refractivity contribution is 5.73. The summed E-state index contributed by atoms with van der Waals surface area (Å²) in [5.74, 6) is 0.233. The number of nitrogens with zero attached hydrogens (tertiary/aromatic N) is 1. The minimum atomic E-state index is -4.36. The zero-order valence-electron chi connectivity index (χ0n) is 14.2. The lowest BCUT2D eigenvalue weighted by Gasteiger charge is -2.40. The van der Waals surface area contributed by atoms with Crippen molar-refractivity contribution in [3.63, 3.8) is 0 Å². The molecule has 0 aliphatic carbocycles. The Balaban J connectivity index is 1.98. The van der Waals surface area contributed by atoms with E-state index in [1.165, 1.54) is 13.0 Å². The molecular weight excluding hydrogens is 327 g/mol. The smallest absolute Gasteiger partial charge is 0.416 e. The molecule has 1 aliphatic rings. The first-order chi connectivity index (χ1) is 11.7. The summed E-state index contributed by atoms with van der Waals surface area (Å²) in [6, 6.07) is 10.1. The molecule has 0 bridgehead atoms. The van der Waals surface area contributed by atoms with Gasteiger partial charge in [-0.05, 0) is 54.3 Å². The van der Waals surface area contributed by atoms with Crippen LogP contribution < -0.4 is 4.90 Å². The maximum absolute atomic E-state index is 13.2. The van der Waals surface area contributed by atoms with Crippen LogP contribution in [0.25, 0.3) is 11.1 Å². The molecule has 1 N–H and O–H groups in total. The van der Waals surface area contributed by atoms with Crippen LogP contribution in [0.2, 0.25) is 0 Å². The van der Waals surface area contributed by atoms with Crippen molar-refractivity contribution >= 4 is 5.69 Å². The first-order valence-corrected chi connectivity index (χ1v) is 8.08. The number of benzene rings is 2. The number of aliphatic hydroxyl groups excluding tert-OH is 1. The molecule has 2 aromatic carbocycles. The number of aryl methyl sites for hydroxylation is 1. The third kappa shape index (κ3) is 3.36. The van der Waals surface area contributed by atoms with Crippen molar-refractivity contribution in [3.05, 3.63) is 65.4 Å². The van der Waals surface area contributed by atoms with Crippen molar-refractivity contribution in [1.82, 2.24) is 0 Å².